The van der Waals surface area contributed by atoms with E-state index in [1.165, 1.54) is 22.3 Å². The van der Waals surface area contributed by atoms with Gasteiger partial charge in [0.1, 0.15) is 11.5 Å². The molecule has 0 radical (unpaired) electrons. The topological polar surface area (TPSA) is 18.5 Å². The average molecular weight is 353 g/mol. The Morgan fingerprint density at radius 2 is 1.42 bits per heavy atom. The molecule has 2 heterocycles. The first kappa shape index (κ1) is 18.8. The lowest BCUT2D eigenvalue weighted by atomic mass is 9.83. The van der Waals surface area contributed by atoms with Gasteiger partial charge in [-0.2, -0.15) is 0 Å². The molecular formula is C24H32O2. The molecule has 140 valence electrons. The fourth-order valence-electron chi connectivity index (χ4n) is 3.58. The standard InChI is InChI=1S/2C12H16O/c1-12(2,3)10-4-5-11-9(8-10)6-7-13-11;1-12(2,3)10-5-4-6-11-9(10)7-8-13-11/h4-5,8H,6-7H2,1-3H3;4-6H,7-8H2,1-3H3. The molecule has 26 heavy (non-hydrogen) atoms. The Balaban J connectivity index is 0.000000151. The molecule has 0 amide bonds. The number of hydrogen-bond donors (Lipinski definition) is 0. The van der Waals surface area contributed by atoms with Gasteiger partial charge in [0.15, 0.2) is 0 Å². The lowest BCUT2D eigenvalue weighted by molar-refractivity contribution is 0.356. The van der Waals surface area contributed by atoms with E-state index in [1.807, 2.05) is 0 Å². The third-order valence-electron chi connectivity index (χ3n) is 5.11. The van der Waals surface area contributed by atoms with Crippen molar-refractivity contribution in [2.24, 2.45) is 0 Å². The van der Waals surface area contributed by atoms with Gasteiger partial charge in [-0.05, 0) is 39.7 Å². The average Bonchev–Trinajstić information content (AvgIpc) is 3.21. The molecule has 0 unspecified atom stereocenters. The highest BCUT2D eigenvalue weighted by Crippen LogP contribution is 2.35. The van der Waals surface area contributed by atoms with E-state index >= 15 is 0 Å². The molecule has 0 N–H and O–H groups in total. The second-order valence-corrected chi connectivity index (χ2v) is 9.30. The van der Waals surface area contributed by atoms with Crippen LogP contribution in [0.15, 0.2) is 36.4 Å². The molecule has 2 aliphatic heterocycles. The van der Waals surface area contributed by atoms with E-state index in [2.05, 4.69) is 77.9 Å². The summed E-state index contributed by atoms with van der Waals surface area (Å²) in [6.07, 6.45) is 2.14. The van der Waals surface area contributed by atoms with E-state index in [0.717, 1.165) is 37.6 Å². The fraction of sp³-hybridized carbons (Fsp3) is 0.500. The van der Waals surface area contributed by atoms with Gasteiger partial charge in [0.2, 0.25) is 0 Å². The Morgan fingerprint density at radius 1 is 0.731 bits per heavy atom. The van der Waals surface area contributed by atoms with Crippen LogP contribution in [0.4, 0.5) is 0 Å². The highest BCUT2D eigenvalue weighted by atomic mass is 16.5. The molecule has 0 aliphatic carbocycles. The summed E-state index contributed by atoms with van der Waals surface area (Å²) in [6, 6.07) is 12.9. The Kier molecular flexibility index (Phi) is 5.05. The molecule has 2 nitrogen and oxygen atoms in total. The molecule has 0 atom stereocenters. The van der Waals surface area contributed by atoms with Crippen LogP contribution in [0.2, 0.25) is 0 Å². The second kappa shape index (κ2) is 6.98. The van der Waals surface area contributed by atoms with E-state index in [0.29, 0.717) is 0 Å². The summed E-state index contributed by atoms with van der Waals surface area (Å²) >= 11 is 0. The van der Waals surface area contributed by atoms with Gasteiger partial charge in [0.25, 0.3) is 0 Å². The Morgan fingerprint density at radius 3 is 2.12 bits per heavy atom. The zero-order chi connectivity index (χ0) is 18.9. The van der Waals surface area contributed by atoms with Gasteiger partial charge in [0.05, 0.1) is 13.2 Å². The number of ether oxygens (including phenoxy) is 2. The first-order valence-corrected chi connectivity index (χ1v) is 9.67. The maximum atomic E-state index is 5.53. The minimum absolute atomic E-state index is 0.235. The van der Waals surface area contributed by atoms with Crippen LogP contribution < -0.4 is 9.47 Å². The van der Waals surface area contributed by atoms with Crippen molar-refractivity contribution in [3.8, 4) is 11.5 Å². The SMILES string of the molecule is CC(C)(C)c1ccc2c(c1)CCO2.CC(C)(C)c1cccc2c1CCO2. The van der Waals surface area contributed by atoms with Gasteiger partial charge >= 0.3 is 0 Å². The van der Waals surface area contributed by atoms with Gasteiger partial charge in [-0.3, -0.25) is 0 Å². The highest BCUT2D eigenvalue weighted by Gasteiger charge is 2.23. The Bertz CT molecular complexity index is 776. The van der Waals surface area contributed by atoms with Crippen molar-refractivity contribution in [1.82, 2.24) is 0 Å². The van der Waals surface area contributed by atoms with Crippen LogP contribution in [0.25, 0.3) is 0 Å². The van der Waals surface area contributed by atoms with Gasteiger partial charge in [-0.25, -0.2) is 0 Å². The maximum absolute atomic E-state index is 5.53. The number of fused-ring (bicyclic) bond motifs is 2. The second-order valence-electron chi connectivity index (χ2n) is 9.30. The van der Waals surface area contributed by atoms with Gasteiger partial charge < -0.3 is 9.47 Å². The molecule has 2 aromatic rings. The van der Waals surface area contributed by atoms with Crippen LogP contribution in [0.5, 0.6) is 11.5 Å². The summed E-state index contributed by atoms with van der Waals surface area (Å²) in [6.45, 7) is 15.2. The first-order chi connectivity index (χ1) is 12.2. The number of rotatable bonds is 0. The number of hydrogen-bond acceptors (Lipinski definition) is 2. The minimum Gasteiger partial charge on any atom is -0.493 e. The first-order valence-electron chi connectivity index (χ1n) is 9.67. The summed E-state index contributed by atoms with van der Waals surface area (Å²) in [5, 5.41) is 0. The lowest BCUT2D eigenvalue weighted by Crippen LogP contribution is -2.13. The smallest absolute Gasteiger partial charge is 0.122 e. The van der Waals surface area contributed by atoms with Crippen LogP contribution in [0, 0.1) is 0 Å². The number of benzene rings is 2. The van der Waals surface area contributed by atoms with Crippen LogP contribution in [-0.2, 0) is 23.7 Å². The van der Waals surface area contributed by atoms with Gasteiger partial charge in [0, 0.05) is 18.4 Å². The summed E-state index contributed by atoms with van der Waals surface area (Å²) in [5.41, 5.74) is 6.10. The minimum atomic E-state index is 0.235. The maximum Gasteiger partial charge on any atom is 0.122 e. The Labute approximate surface area is 158 Å². The van der Waals surface area contributed by atoms with E-state index in [-0.39, 0.29) is 10.8 Å². The largest absolute Gasteiger partial charge is 0.493 e. The van der Waals surface area contributed by atoms with Crippen molar-refractivity contribution in [1.29, 1.82) is 0 Å². The van der Waals surface area contributed by atoms with Crippen LogP contribution >= 0.6 is 0 Å². The van der Waals surface area contributed by atoms with Crippen molar-refractivity contribution in [3.63, 3.8) is 0 Å². The zero-order valence-corrected chi connectivity index (χ0v) is 17.1. The van der Waals surface area contributed by atoms with Crippen molar-refractivity contribution in [2.45, 2.75) is 65.2 Å². The summed E-state index contributed by atoms with van der Waals surface area (Å²) < 4.78 is 11.0. The van der Waals surface area contributed by atoms with E-state index in [1.54, 1.807) is 0 Å². The van der Waals surface area contributed by atoms with E-state index in [4.69, 9.17) is 9.47 Å². The fourth-order valence-corrected chi connectivity index (χ4v) is 3.58. The molecule has 0 fully saturated rings. The summed E-state index contributed by atoms with van der Waals surface area (Å²) in [5.74, 6) is 2.17. The molecule has 0 saturated heterocycles. The third-order valence-corrected chi connectivity index (χ3v) is 5.11. The van der Waals surface area contributed by atoms with Crippen molar-refractivity contribution in [2.75, 3.05) is 13.2 Å². The van der Waals surface area contributed by atoms with Gasteiger partial charge in [-0.1, -0.05) is 65.8 Å². The molecule has 0 spiro atoms. The molecule has 2 heteroatoms. The molecule has 0 aromatic heterocycles. The zero-order valence-electron chi connectivity index (χ0n) is 17.1. The lowest BCUT2D eigenvalue weighted by Gasteiger charge is -2.21. The molecular weight excluding hydrogens is 320 g/mol. The summed E-state index contributed by atoms with van der Waals surface area (Å²) in [7, 11) is 0. The van der Waals surface area contributed by atoms with E-state index < -0.39 is 0 Å². The predicted molar refractivity (Wildman–Crippen MR) is 109 cm³/mol. The molecule has 0 bridgehead atoms. The van der Waals surface area contributed by atoms with Crippen molar-refractivity contribution >= 4 is 0 Å². The van der Waals surface area contributed by atoms with Crippen LogP contribution in [0.1, 0.15) is 63.8 Å². The summed E-state index contributed by atoms with van der Waals surface area (Å²) in [4.78, 5) is 0. The Hall–Kier alpha value is -1.96. The van der Waals surface area contributed by atoms with Gasteiger partial charge in [-0.15, -0.1) is 0 Å². The monoisotopic (exact) mass is 352 g/mol. The van der Waals surface area contributed by atoms with Crippen molar-refractivity contribution < 1.29 is 9.47 Å². The van der Waals surface area contributed by atoms with Crippen LogP contribution in [0.3, 0.4) is 0 Å². The molecule has 0 saturated carbocycles. The quantitative estimate of drug-likeness (QED) is 0.593. The van der Waals surface area contributed by atoms with E-state index in [9.17, 15) is 0 Å². The predicted octanol–water partition coefficient (Wildman–Crippen LogP) is 5.84. The van der Waals surface area contributed by atoms with Crippen LogP contribution in [-0.4, -0.2) is 13.2 Å². The molecule has 4 rings (SSSR count). The molecule has 2 aliphatic rings. The normalized spacial score (nSPS) is 15.3. The third kappa shape index (κ3) is 4.06. The van der Waals surface area contributed by atoms with Crippen molar-refractivity contribution in [3.05, 3.63) is 58.7 Å². The molecule has 2 aromatic carbocycles. The highest BCUT2D eigenvalue weighted by molar-refractivity contribution is 5.45.